The van der Waals surface area contributed by atoms with Gasteiger partial charge >= 0.3 is 0 Å². The zero-order valence-electron chi connectivity index (χ0n) is 15.7. The van der Waals surface area contributed by atoms with Gasteiger partial charge in [-0.15, -0.1) is 0 Å². The van der Waals surface area contributed by atoms with Gasteiger partial charge in [0.05, 0.1) is 27.2 Å². The quantitative estimate of drug-likeness (QED) is 0.712. The maximum absolute atomic E-state index is 12.1. The van der Waals surface area contributed by atoms with Gasteiger partial charge < -0.3 is 29.6 Å². The molecule has 0 bridgehead atoms. The number of fused-ring (bicyclic) bond motifs is 1. The molecule has 0 atom stereocenters. The summed E-state index contributed by atoms with van der Waals surface area (Å²) < 4.78 is 20.9. The summed E-state index contributed by atoms with van der Waals surface area (Å²) in [5, 5.41) is 5.36. The van der Waals surface area contributed by atoms with Crippen molar-refractivity contribution in [1.82, 2.24) is 10.6 Å². The second-order valence-electron chi connectivity index (χ2n) is 6.11. The fourth-order valence-electron chi connectivity index (χ4n) is 2.73. The van der Waals surface area contributed by atoms with Crippen LogP contribution in [0.25, 0.3) is 0 Å². The fraction of sp³-hybridized carbons (Fsp3) is 0.300. The van der Waals surface area contributed by atoms with Crippen molar-refractivity contribution in [2.45, 2.75) is 13.0 Å². The Labute approximate surface area is 162 Å². The molecule has 1 aliphatic heterocycles. The number of amides is 2. The Bertz CT molecular complexity index is 868. The van der Waals surface area contributed by atoms with Crippen molar-refractivity contribution in [2.24, 2.45) is 0 Å². The van der Waals surface area contributed by atoms with E-state index in [9.17, 15) is 9.59 Å². The Morgan fingerprint density at radius 2 is 1.64 bits per heavy atom. The smallest absolute Gasteiger partial charge is 0.239 e. The van der Waals surface area contributed by atoms with Gasteiger partial charge in [0.15, 0.2) is 23.0 Å². The summed E-state index contributed by atoms with van der Waals surface area (Å²) in [5.74, 6) is 1.96. The molecule has 1 aliphatic rings. The molecule has 2 amide bonds. The van der Waals surface area contributed by atoms with Crippen LogP contribution in [0.4, 0.5) is 0 Å². The highest BCUT2D eigenvalue weighted by molar-refractivity contribution is 5.85. The first-order chi connectivity index (χ1) is 13.6. The lowest BCUT2D eigenvalue weighted by atomic mass is 10.1. The molecule has 0 saturated heterocycles. The summed E-state index contributed by atoms with van der Waals surface area (Å²) in [6, 6.07) is 10.7. The van der Waals surface area contributed by atoms with E-state index in [-0.39, 0.29) is 31.6 Å². The number of ether oxygens (including phenoxy) is 4. The number of nitrogens with one attached hydrogen (secondary N) is 2. The zero-order chi connectivity index (χ0) is 19.9. The third-order valence-electron chi connectivity index (χ3n) is 4.19. The van der Waals surface area contributed by atoms with Gasteiger partial charge in [0, 0.05) is 6.54 Å². The SMILES string of the molecule is COc1ccc(CC(=O)NCC(=O)NCc2ccc3c(c2)OCO3)cc1OC. The standard InChI is InChI=1S/C20H22N2O6/c1-25-15-5-3-13(7-17(15)26-2)9-19(23)22-11-20(24)21-10-14-4-6-16-18(8-14)28-12-27-16/h3-8H,9-12H2,1-2H3,(H,21,24)(H,22,23). The predicted molar refractivity (Wildman–Crippen MR) is 101 cm³/mol. The maximum Gasteiger partial charge on any atom is 0.239 e. The minimum absolute atomic E-state index is 0.101. The molecule has 0 fully saturated rings. The molecule has 0 saturated carbocycles. The molecule has 2 aromatic rings. The molecule has 148 valence electrons. The first kappa shape index (κ1) is 19.3. The number of methoxy groups -OCH3 is 2. The van der Waals surface area contributed by atoms with E-state index in [0.29, 0.717) is 29.5 Å². The lowest BCUT2D eigenvalue weighted by Crippen LogP contribution is -2.37. The predicted octanol–water partition coefficient (Wildman–Crippen LogP) is 1.41. The summed E-state index contributed by atoms with van der Waals surface area (Å²) in [6.45, 7) is 0.439. The zero-order valence-corrected chi connectivity index (χ0v) is 15.7. The molecular weight excluding hydrogens is 364 g/mol. The molecular formula is C20H22N2O6. The molecule has 28 heavy (non-hydrogen) atoms. The molecule has 0 spiro atoms. The second-order valence-corrected chi connectivity index (χ2v) is 6.11. The Morgan fingerprint density at radius 3 is 2.43 bits per heavy atom. The van der Waals surface area contributed by atoms with Gasteiger partial charge in [-0.1, -0.05) is 12.1 Å². The first-order valence-electron chi connectivity index (χ1n) is 8.72. The van der Waals surface area contributed by atoms with Crippen molar-refractivity contribution in [3.05, 3.63) is 47.5 Å². The maximum atomic E-state index is 12.1. The fourth-order valence-corrected chi connectivity index (χ4v) is 2.73. The van der Waals surface area contributed by atoms with E-state index in [0.717, 1.165) is 11.1 Å². The number of benzene rings is 2. The van der Waals surface area contributed by atoms with Crippen LogP contribution in [0.3, 0.4) is 0 Å². The van der Waals surface area contributed by atoms with E-state index in [1.807, 2.05) is 12.1 Å². The van der Waals surface area contributed by atoms with Crippen molar-refractivity contribution in [1.29, 1.82) is 0 Å². The molecule has 8 nitrogen and oxygen atoms in total. The Morgan fingerprint density at radius 1 is 0.893 bits per heavy atom. The van der Waals surface area contributed by atoms with E-state index < -0.39 is 0 Å². The van der Waals surface area contributed by atoms with Gasteiger partial charge in [-0.05, 0) is 35.4 Å². The lowest BCUT2D eigenvalue weighted by Gasteiger charge is -2.10. The van der Waals surface area contributed by atoms with Crippen molar-refractivity contribution in [2.75, 3.05) is 27.6 Å². The summed E-state index contributed by atoms with van der Waals surface area (Å²) in [7, 11) is 3.08. The third kappa shape index (κ3) is 4.85. The summed E-state index contributed by atoms with van der Waals surface area (Å²) in [4.78, 5) is 24.1. The second kappa shape index (κ2) is 8.98. The van der Waals surface area contributed by atoms with Crippen molar-refractivity contribution >= 4 is 11.8 Å². The molecule has 0 unspecified atom stereocenters. The van der Waals surface area contributed by atoms with Crippen LogP contribution in [-0.4, -0.2) is 39.4 Å². The van der Waals surface area contributed by atoms with Crippen LogP contribution in [0.1, 0.15) is 11.1 Å². The molecule has 0 aliphatic carbocycles. The van der Waals surface area contributed by atoms with E-state index in [2.05, 4.69) is 10.6 Å². The monoisotopic (exact) mass is 386 g/mol. The number of hydrogen-bond acceptors (Lipinski definition) is 6. The van der Waals surface area contributed by atoms with Gasteiger partial charge in [0.1, 0.15) is 0 Å². The van der Waals surface area contributed by atoms with Crippen LogP contribution < -0.4 is 29.6 Å². The van der Waals surface area contributed by atoms with E-state index >= 15 is 0 Å². The average Bonchev–Trinajstić information content (AvgIpc) is 3.18. The van der Waals surface area contributed by atoms with Crippen LogP contribution in [0.2, 0.25) is 0 Å². The number of rotatable bonds is 8. The van der Waals surface area contributed by atoms with E-state index in [4.69, 9.17) is 18.9 Å². The van der Waals surface area contributed by atoms with E-state index in [1.54, 1.807) is 31.4 Å². The van der Waals surface area contributed by atoms with Crippen molar-refractivity contribution < 1.29 is 28.5 Å². The lowest BCUT2D eigenvalue weighted by molar-refractivity contribution is -0.125. The molecule has 0 radical (unpaired) electrons. The molecule has 2 N–H and O–H groups in total. The normalized spacial score (nSPS) is 11.6. The third-order valence-corrected chi connectivity index (χ3v) is 4.19. The molecule has 0 aromatic heterocycles. The summed E-state index contributed by atoms with van der Waals surface area (Å²) >= 11 is 0. The molecule has 1 heterocycles. The Hall–Kier alpha value is -3.42. The highest BCUT2D eigenvalue weighted by Crippen LogP contribution is 2.32. The van der Waals surface area contributed by atoms with Crippen molar-refractivity contribution in [3.63, 3.8) is 0 Å². The summed E-state index contributed by atoms with van der Waals surface area (Å²) in [5.41, 5.74) is 1.64. The average molecular weight is 386 g/mol. The number of hydrogen-bond donors (Lipinski definition) is 2. The van der Waals surface area contributed by atoms with E-state index in [1.165, 1.54) is 7.11 Å². The topological polar surface area (TPSA) is 95.1 Å². The number of carbonyl (C=O) groups is 2. The Kier molecular flexibility index (Phi) is 6.21. The van der Waals surface area contributed by atoms with Crippen LogP contribution in [-0.2, 0) is 22.6 Å². The van der Waals surface area contributed by atoms with Crippen LogP contribution in [0.15, 0.2) is 36.4 Å². The van der Waals surface area contributed by atoms with Crippen LogP contribution in [0.5, 0.6) is 23.0 Å². The van der Waals surface area contributed by atoms with Crippen molar-refractivity contribution in [3.8, 4) is 23.0 Å². The van der Waals surface area contributed by atoms with Gasteiger partial charge in [-0.25, -0.2) is 0 Å². The van der Waals surface area contributed by atoms with Gasteiger partial charge in [-0.3, -0.25) is 9.59 Å². The van der Waals surface area contributed by atoms with Crippen LogP contribution >= 0.6 is 0 Å². The molecule has 2 aromatic carbocycles. The number of carbonyl (C=O) groups excluding carboxylic acids is 2. The largest absolute Gasteiger partial charge is 0.493 e. The summed E-state index contributed by atoms with van der Waals surface area (Å²) in [6.07, 6.45) is 0.135. The molecule has 3 rings (SSSR count). The van der Waals surface area contributed by atoms with Gasteiger partial charge in [-0.2, -0.15) is 0 Å². The minimum atomic E-state index is -0.279. The van der Waals surface area contributed by atoms with Gasteiger partial charge in [0.25, 0.3) is 0 Å². The van der Waals surface area contributed by atoms with Crippen LogP contribution in [0, 0.1) is 0 Å². The highest BCUT2D eigenvalue weighted by atomic mass is 16.7. The van der Waals surface area contributed by atoms with Gasteiger partial charge in [0.2, 0.25) is 18.6 Å². The minimum Gasteiger partial charge on any atom is -0.493 e. The highest BCUT2D eigenvalue weighted by Gasteiger charge is 2.14. The first-order valence-corrected chi connectivity index (χ1v) is 8.72. The molecule has 8 heteroatoms. The Balaban J connectivity index is 1.43.